The number of fused-ring (bicyclic) bond motifs is 3. The van der Waals surface area contributed by atoms with Crippen LogP contribution in [0, 0.1) is 0 Å². The number of nitrogens with zero attached hydrogens (tertiary/aromatic N) is 3. The van der Waals surface area contributed by atoms with Crippen molar-refractivity contribution in [2.45, 2.75) is 0 Å². The molecule has 4 heteroatoms. The van der Waals surface area contributed by atoms with E-state index in [1.807, 2.05) is 140 Å². The zero-order valence-corrected chi connectivity index (χ0v) is 26.8. The fourth-order valence-corrected chi connectivity index (χ4v) is 7.08. The highest BCUT2D eigenvalue weighted by Gasteiger charge is 2.16. The second kappa shape index (κ2) is 12.4. The Morgan fingerprint density at radius 1 is 0.408 bits per heavy atom. The lowest BCUT2D eigenvalue weighted by atomic mass is 9.99. The summed E-state index contributed by atoms with van der Waals surface area (Å²) in [6.07, 6.45) is 0. The first-order valence-electron chi connectivity index (χ1n) is 18.9. The first-order valence-corrected chi connectivity index (χ1v) is 16.7. The zero-order valence-electron chi connectivity index (χ0n) is 32.0. The number of rotatable bonds is 6. The molecule has 0 aliphatic carbocycles. The first-order chi connectivity index (χ1) is 26.8. The van der Waals surface area contributed by atoms with Gasteiger partial charge in [-0.1, -0.05) is 152 Å². The molecule has 230 valence electrons. The fourth-order valence-electron chi connectivity index (χ4n) is 6.06. The molecule has 9 aromatic rings. The van der Waals surface area contributed by atoms with Crippen molar-refractivity contribution in [3.05, 3.63) is 176 Å². The van der Waals surface area contributed by atoms with Crippen molar-refractivity contribution in [3.63, 3.8) is 0 Å². The van der Waals surface area contributed by atoms with Gasteiger partial charge in [0, 0.05) is 36.9 Å². The van der Waals surface area contributed by atoms with Crippen molar-refractivity contribution in [2.75, 3.05) is 0 Å². The number of benzene rings is 7. The molecular weight excluding hydrogens is 615 g/mol. The molecule has 9 rings (SSSR count). The van der Waals surface area contributed by atoms with Gasteiger partial charge in [0.05, 0.1) is 8.22 Å². The minimum Gasteiger partial charge on any atom is -0.208 e. The van der Waals surface area contributed by atoms with Gasteiger partial charge in [-0.05, 0) is 57.6 Å². The SMILES string of the molecule is [2H]c1c([2H])c(-c2ccccc2)c2c(sc3c([2H])c(-c4nc(-c5cccc(-c6ccccc6)c5)nc(-c5cccc(-c6ccccc6)c5)n4)c([2H])c([2H])c32)c1[2H]. The summed E-state index contributed by atoms with van der Waals surface area (Å²) in [5.41, 5.74) is 6.57. The number of aromatic nitrogens is 3. The Balaban J connectivity index is 1.31. The second-order valence-electron chi connectivity index (χ2n) is 11.6. The van der Waals surface area contributed by atoms with Crippen molar-refractivity contribution in [2.24, 2.45) is 0 Å². The van der Waals surface area contributed by atoms with Crippen LogP contribution in [0.3, 0.4) is 0 Å². The average molecular weight is 650 g/mol. The lowest BCUT2D eigenvalue weighted by Gasteiger charge is -2.11. The van der Waals surface area contributed by atoms with Crippen LogP contribution in [0.15, 0.2) is 176 Å². The normalized spacial score (nSPS) is 13.0. The van der Waals surface area contributed by atoms with Gasteiger partial charge in [0.2, 0.25) is 0 Å². The van der Waals surface area contributed by atoms with Crippen LogP contribution in [0.5, 0.6) is 0 Å². The predicted octanol–water partition coefficient (Wildman–Crippen LogP) is 12.2. The van der Waals surface area contributed by atoms with Crippen LogP contribution in [0.2, 0.25) is 0 Å². The molecule has 0 aliphatic heterocycles. The van der Waals surface area contributed by atoms with E-state index in [2.05, 4.69) is 0 Å². The third kappa shape index (κ3) is 5.58. The predicted molar refractivity (Wildman–Crippen MR) is 205 cm³/mol. The van der Waals surface area contributed by atoms with Crippen molar-refractivity contribution in [1.29, 1.82) is 0 Å². The molecule has 0 N–H and O–H groups in total. The van der Waals surface area contributed by atoms with E-state index in [0.717, 1.165) is 44.7 Å². The molecule has 0 fully saturated rings. The van der Waals surface area contributed by atoms with E-state index in [0.29, 0.717) is 42.9 Å². The van der Waals surface area contributed by atoms with Crippen LogP contribution in [0.1, 0.15) is 8.22 Å². The summed E-state index contributed by atoms with van der Waals surface area (Å²) < 4.78 is 55.5. The van der Waals surface area contributed by atoms with E-state index < -0.39 is 0 Å². The van der Waals surface area contributed by atoms with Crippen molar-refractivity contribution in [3.8, 4) is 67.5 Å². The fraction of sp³-hybridized carbons (Fsp3) is 0. The van der Waals surface area contributed by atoms with E-state index in [1.165, 1.54) is 0 Å². The standard InChI is InChI=1S/C45H29N3S/c1-4-13-30(14-5-1)33-19-10-21-35(27-33)43-46-44(36-22-11-20-34(28-36)31-15-6-2-7-16-31)48-45(47-43)37-25-26-39-41(29-37)49-40-24-12-23-38(42(39)40)32-17-8-3-9-18-32/h1-29H/i12D,23D,24D,25D,26D,29D. The molecule has 0 saturated heterocycles. The first kappa shape index (κ1) is 23.2. The minimum atomic E-state index is -0.247. The van der Waals surface area contributed by atoms with E-state index in [4.69, 9.17) is 19.1 Å². The topological polar surface area (TPSA) is 38.7 Å². The molecule has 0 atom stereocenters. The molecule has 2 heterocycles. The van der Waals surface area contributed by atoms with E-state index in [9.17, 15) is 4.11 Å². The molecular formula is C45H29N3S. The molecule has 0 amide bonds. The Bertz CT molecular complexity index is 2830. The van der Waals surface area contributed by atoms with Gasteiger partial charge < -0.3 is 0 Å². The highest BCUT2D eigenvalue weighted by Crippen LogP contribution is 2.41. The summed E-state index contributed by atoms with van der Waals surface area (Å²) in [6.45, 7) is 0. The molecule has 0 bridgehead atoms. The molecule has 3 nitrogen and oxygen atoms in total. The minimum absolute atomic E-state index is 0.0622. The maximum atomic E-state index is 9.59. The van der Waals surface area contributed by atoms with Crippen LogP contribution in [0.25, 0.3) is 87.7 Å². The summed E-state index contributed by atoms with van der Waals surface area (Å²) in [5, 5.41) is 0.739. The van der Waals surface area contributed by atoms with E-state index >= 15 is 0 Å². The molecule has 0 radical (unpaired) electrons. The Hall–Kier alpha value is -6.23. The van der Waals surface area contributed by atoms with Crippen LogP contribution in [0.4, 0.5) is 0 Å². The third-order valence-corrected chi connectivity index (χ3v) is 9.47. The van der Waals surface area contributed by atoms with Crippen LogP contribution in [-0.4, -0.2) is 15.0 Å². The van der Waals surface area contributed by atoms with Crippen molar-refractivity contribution in [1.82, 2.24) is 15.0 Å². The van der Waals surface area contributed by atoms with Gasteiger partial charge in [0.1, 0.15) is 0 Å². The van der Waals surface area contributed by atoms with Crippen molar-refractivity contribution >= 4 is 31.5 Å². The van der Waals surface area contributed by atoms with E-state index in [-0.39, 0.29) is 47.6 Å². The summed E-state index contributed by atoms with van der Waals surface area (Å²) >= 11 is 1.13. The molecule has 0 saturated carbocycles. The summed E-state index contributed by atoms with van der Waals surface area (Å²) in [4.78, 5) is 14.8. The van der Waals surface area contributed by atoms with Crippen LogP contribution in [-0.2, 0) is 0 Å². The van der Waals surface area contributed by atoms with Gasteiger partial charge in [-0.15, -0.1) is 11.3 Å². The molecule has 0 unspecified atom stereocenters. The summed E-state index contributed by atoms with van der Waals surface area (Å²) in [7, 11) is 0. The van der Waals surface area contributed by atoms with Gasteiger partial charge in [0.25, 0.3) is 0 Å². The average Bonchev–Trinajstić information content (AvgIpc) is 3.64. The largest absolute Gasteiger partial charge is 0.208 e. The maximum Gasteiger partial charge on any atom is 0.164 e. The Labute approximate surface area is 297 Å². The molecule has 2 aromatic heterocycles. The molecule has 0 spiro atoms. The highest BCUT2D eigenvalue weighted by molar-refractivity contribution is 7.26. The zero-order chi connectivity index (χ0) is 37.8. The number of hydrogen-bond donors (Lipinski definition) is 0. The van der Waals surface area contributed by atoms with Gasteiger partial charge in [-0.2, -0.15) is 0 Å². The van der Waals surface area contributed by atoms with Crippen LogP contribution >= 0.6 is 11.3 Å². The van der Waals surface area contributed by atoms with E-state index in [1.54, 1.807) is 0 Å². The Kier molecular flexibility index (Phi) is 5.87. The maximum absolute atomic E-state index is 9.59. The third-order valence-electron chi connectivity index (χ3n) is 8.45. The van der Waals surface area contributed by atoms with Gasteiger partial charge in [-0.25, -0.2) is 15.0 Å². The van der Waals surface area contributed by atoms with Gasteiger partial charge in [0.15, 0.2) is 17.5 Å². The Morgan fingerprint density at radius 2 is 0.898 bits per heavy atom. The molecule has 7 aromatic carbocycles. The summed E-state index contributed by atoms with van der Waals surface area (Å²) in [6, 6.07) is 44.0. The lowest BCUT2D eigenvalue weighted by molar-refractivity contribution is 1.07. The monoisotopic (exact) mass is 649 g/mol. The summed E-state index contributed by atoms with van der Waals surface area (Å²) in [5.74, 6) is 0.777. The van der Waals surface area contributed by atoms with Crippen molar-refractivity contribution < 1.29 is 8.22 Å². The van der Waals surface area contributed by atoms with Gasteiger partial charge in [-0.3, -0.25) is 0 Å². The lowest BCUT2D eigenvalue weighted by Crippen LogP contribution is -2.00. The van der Waals surface area contributed by atoms with Crippen LogP contribution < -0.4 is 0 Å². The van der Waals surface area contributed by atoms with Gasteiger partial charge >= 0.3 is 0 Å². The molecule has 0 aliphatic rings. The highest BCUT2D eigenvalue weighted by atomic mass is 32.1. The number of thiophene rings is 1. The number of hydrogen-bond acceptors (Lipinski definition) is 4. The quantitative estimate of drug-likeness (QED) is 0.180. The second-order valence-corrected chi connectivity index (χ2v) is 12.6. The Morgan fingerprint density at radius 3 is 1.47 bits per heavy atom. The molecule has 49 heavy (non-hydrogen) atoms. The smallest absolute Gasteiger partial charge is 0.164 e.